The van der Waals surface area contributed by atoms with Crippen LogP contribution in [0.4, 0.5) is 0 Å². The largest absolute Gasteiger partial charge is 0.305 e. The molecule has 21 heavy (non-hydrogen) atoms. The first-order chi connectivity index (χ1) is 10.1. The highest BCUT2D eigenvalue weighted by Crippen LogP contribution is 2.22. The van der Waals surface area contributed by atoms with Crippen molar-refractivity contribution < 1.29 is 0 Å². The van der Waals surface area contributed by atoms with Crippen LogP contribution in [0.5, 0.6) is 0 Å². The molecule has 1 unspecified atom stereocenters. The maximum Gasteiger partial charge on any atom is 0.0991 e. The lowest BCUT2D eigenvalue weighted by atomic mass is 10.1. The Morgan fingerprint density at radius 3 is 2.57 bits per heavy atom. The molecule has 5 heteroatoms. The average molecular weight is 347 g/mol. The second-order valence-electron chi connectivity index (χ2n) is 5.02. The minimum absolute atomic E-state index is 0.213. The fraction of sp³-hybridized carbons (Fsp3) is 0.375. The number of halogens is 1. The van der Waals surface area contributed by atoms with Gasteiger partial charge >= 0.3 is 0 Å². The number of nitrogens with one attached hydrogen (secondary N) is 1. The Bertz CT molecular complexity index is 652. The summed E-state index contributed by atoms with van der Waals surface area (Å²) in [6.45, 7) is 4.96. The molecule has 2 rings (SSSR count). The first-order valence-electron chi connectivity index (χ1n) is 7.00. The third-order valence-corrected chi connectivity index (χ3v) is 4.53. The maximum atomic E-state index is 8.83. The molecule has 0 aliphatic heterocycles. The molecule has 110 valence electrons. The highest BCUT2D eigenvalue weighted by Gasteiger charge is 2.13. The normalized spacial score (nSPS) is 12.1. The Labute approximate surface area is 133 Å². The van der Waals surface area contributed by atoms with Gasteiger partial charge in [-0.2, -0.15) is 10.4 Å². The Morgan fingerprint density at radius 1 is 1.38 bits per heavy atom. The number of nitrogens with zero attached hydrogens (tertiary/aromatic N) is 3. The predicted molar refractivity (Wildman–Crippen MR) is 86.7 cm³/mol. The standard InChI is InChI=1S/C16H19BrN4/c1-4-14-16(17)15(21(3)20-14)10-19-11(2)13-7-5-12(9-18)6-8-13/h5-8,11,19H,4,10H2,1-3H3. The summed E-state index contributed by atoms with van der Waals surface area (Å²) < 4.78 is 3.01. The van der Waals surface area contributed by atoms with E-state index in [1.807, 2.05) is 36.0 Å². The molecular weight excluding hydrogens is 328 g/mol. The fourth-order valence-corrected chi connectivity index (χ4v) is 2.98. The first-order valence-corrected chi connectivity index (χ1v) is 7.79. The minimum Gasteiger partial charge on any atom is -0.305 e. The predicted octanol–water partition coefficient (Wildman–Crippen LogP) is 3.47. The summed E-state index contributed by atoms with van der Waals surface area (Å²) in [5.41, 5.74) is 4.09. The van der Waals surface area contributed by atoms with E-state index in [2.05, 4.69) is 46.3 Å². The molecule has 0 aliphatic carbocycles. The van der Waals surface area contributed by atoms with Crippen LogP contribution in [0.25, 0.3) is 0 Å². The van der Waals surface area contributed by atoms with Crippen LogP contribution in [0.15, 0.2) is 28.7 Å². The van der Waals surface area contributed by atoms with E-state index in [9.17, 15) is 0 Å². The van der Waals surface area contributed by atoms with Gasteiger partial charge in [0.2, 0.25) is 0 Å². The summed E-state index contributed by atoms with van der Waals surface area (Å²) in [4.78, 5) is 0. The molecule has 1 aromatic carbocycles. The van der Waals surface area contributed by atoms with Crippen molar-refractivity contribution >= 4 is 15.9 Å². The second kappa shape index (κ2) is 6.88. The zero-order chi connectivity index (χ0) is 15.4. The molecular formula is C16H19BrN4. The highest BCUT2D eigenvalue weighted by molar-refractivity contribution is 9.10. The topological polar surface area (TPSA) is 53.6 Å². The number of hydrogen-bond donors (Lipinski definition) is 1. The summed E-state index contributed by atoms with van der Waals surface area (Å²) >= 11 is 3.63. The molecule has 0 saturated carbocycles. The highest BCUT2D eigenvalue weighted by atomic mass is 79.9. The van der Waals surface area contributed by atoms with Gasteiger partial charge in [0.25, 0.3) is 0 Å². The van der Waals surface area contributed by atoms with Crippen LogP contribution in [-0.2, 0) is 20.0 Å². The molecule has 4 nitrogen and oxygen atoms in total. The second-order valence-corrected chi connectivity index (χ2v) is 5.81. The molecule has 0 aliphatic rings. The van der Waals surface area contributed by atoms with Gasteiger partial charge in [0.1, 0.15) is 0 Å². The zero-order valence-corrected chi connectivity index (χ0v) is 14.1. The lowest BCUT2D eigenvalue weighted by Crippen LogP contribution is -2.20. The van der Waals surface area contributed by atoms with Gasteiger partial charge in [-0.3, -0.25) is 4.68 Å². The van der Waals surface area contributed by atoms with Crippen LogP contribution < -0.4 is 5.32 Å². The van der Waals surface area contributed by atoms with Crippen molar-refractivity contribution in [2.24, 2.45) is 7.05 Å². The minimum atomic E-state index is 0.213. The van der Waals surface area contributed by atoms with E-state index in [0.717, 1.165) is 28.8 Å². The van der Waals surface area contributed by atoms with Crippen LogP contribution in [0.3, 0.4) is 0 Å². The molecule has 0 radical (unpaired) electrons. The molecule has 1 N–H and O–H groups in total. The van der Waals surface area contributed by atoms with Gasteiger partial charge in [0.15, 0.2) is 0 Å². The molecule has 0 saturated heterocycles. The maximum absolute atomic E-state index is 8.83. The molecule has 1 atom stereocenters. The molecule has 0 spiro atoms. The van der Waals surface area contributed by atoms with Crippen LogP contribution in [0.2, 0.25) is 0 Å². The Balaban J connectivity index is 2.05. The van der Waals surface area contributed by atoms with Gasteiger partial charge in [-0.05, 0) is 47.0 Å². The quantitative estimate of drug-likeness (QED) is 0.901. The molecule has 0 amide bonds. The monoisotopic (exact) mass is 346 g/mol. The van der Waals surface area contributed by atoms with Crippen molar-refractivity contribution in [1.29, 1.82) is 5.26 Å². The van der Waals surface area contributed by atoms with Gasteiger partial charge < -0.3 is 5.32 Å². The zero-order valence-electron chi connectivity index (χ0n) is 12.5. The Hall–Kier alpha value is -1.64. The van der Waals surface area contributed by atoms with E-state index < -0.39 is 0 Å². The summed E-state index contributed by atoms with van der Waals surface area (Å²) in [6.07, 6.45) is 0.916. The van der Waals surface area contributed by atoms with E-state index in [0.29, 0.717) is 5.56 Å². The van der Waals surface area contributed by atoms with Gasteiger partial charge in [0, 0.05) is 19.6 Å². The third-order valence-electron chi connectivity index (χ3n) is 3.62. The molecule has 1 heterocycles. The number of hydrogen-bond acceptors (Lipinski definition) is 3. The van der Waals surface area contributed by atoms with E-state index in [4.69, 9.17) is 5.26 Å². The number of nitriles is 1. The van der Waals surface area contributed by atoms with Crippen molar-refractivity contribution in [2.75, 3.05) is 0 Å². The van der Waals surface area contributed by atoms with E-state index in [1.54, 1.807) is 0 Å². The summed E-state index contributed by atoms with van der Waals surface area (Å²) in [5.74, 6) is 0. The number of benzene rings is 1. The number of rotatable bonds is 5. The van der Waals surface area contributed by atoms with E-state index >= 15 is 0 Å². The van der Waals surface area contributed by atoms with Crippen molar-refractivity contribution in [2.45, 2.75) is 32.9 Å². The third kappa shape index (κ3) is 3.52. The summed E-state index contributed by atoms with van der Waals surface area (Å²) in [5, 5.41) is 16.8. The van der Waals surface area contributed by atoms with Gasteiger partial charge in [0.05, 0.1) is 27.5 Å². The molecule has 1 aromatic heterocycles. The lowest BCUT2D eigenvalue weighted by Gasteiger charge is -2.14. The van der Waals surface area contributed by atoms with Crippen molar-refractivity contribution in [3.05, 3.63) is 51.3 Å². The van der Waals surface area contributed by atoms with Crippen molar-refractivity contribution in [3.8, 4) is 6.07 Å². The Kier molecular flexibility index (Phi) is 5.16. The van der Waals surface area contributed by atoms with Crippen LogP contribution in [0, 0.1) is 11.3 Å². The number of aromatic nitrogens is 2. The van der Waals surface area contributed by atoms with Crippen molar-refractivity contribution in [1.82, 2.24) is 15.1 Å². The summed E-state index contributed by atoms with van der Waals surface area (Å²) in [7, 11) is 1.97. The van der Waals surface area contributed by atoms with Gasteiger partial charge in [-0.15, -0.1) is 0 Å². The van der Waals surface area contributed by atoms with Crippen molar-refractivity contribution in [3.63, 3.8) is 0 Å². The van der Waals surface area contributed by atoms with E-state index in [1.165, 1.54) is 5.56 Å². The van der Waals surface area contributed by atoms with Crippen LogP contribution in [0.1, 0.15) is 42.4 Å². The summed E-state index contributed by atoms with van der Waals surface area (Å²) in [6, 6.07) is 10.0. The SMILES string of the molecule is CCc1nn(C)c(CNC(C)c2ccc(C#N)cc2)c1Br. The molecule has 0 bridgehead atoms. The van der Waals surface area contributed by atoms with Gasteiger partial charge in [-0.1, -0.05) is 19.1 Å². The van der Waals surface area contributed by atoms with Gasteiger partial charge in [-0.25, -0.2) is 0 Å². The van der Waals surface area contributed by atoms with Crippen LogP contribution >= 0.6 is 15.9 Å². The number of aryl methyl sites for hydroxylation is 2. The first kappa shape index (κ1) is 15.7. The molecule has 0 fully saturated rings. The lowest BCUT2D eigenvalue weighted by molar-refractivity contribution is 0.546. The fourth-order valence-electron chi connectivity index (χ4n) is 2.23. The van der Waals surface area contributed by atoms with E-state index in [-0.39, 0.29) is 6.04 Å². The Morgan fingerprint density at radius 2 is 2.05 bits per heavy atom. The molecule has 2 aromatic rings. The average Bonchev–Trinajstić information content (AvgIpc) is 2.79. The van der Waals surface area contributed by atoms with Crippen LogP contribution in [-0.4, -0.2) is 9.78 Å². The smallest absolute Gasteiger partial charge is 0.0991 e.